The first-order chi connectivity index (χ1) is 13.6. The molecule has 28 heavy (non-hydrogen) atoms. The summed E-state index contributed by atoms with van der Waals surface area (Å²) in [5, 5.41) is 3.04. The molecule has 2 aliphatic heterocycles. The lowest BCUT2D eigenvalue weighted by Crippen LogP contribution is -2.40. The molecular formula is C23H28FN3O. The van der Waals surface area contributed by atoms with Gasteiger partial charge in [0.25, 0.3) is 5.91 Å². The van der Waals surface area contributed by atoms with E-state index in [1.165, 1.54) is 48.2 Å². The summed E-state index contributed by atoms with van der Waals surface area (Å²) in [6.07, 6.45) is 4.74. The van der Waals surface area contributed by atoms with Gasteiger partial charge in [-0.05, 0) is 67.7 Å². The molecule has 4 nitrogen and oxygen atoms in total. The van der Waals surface area contributed by atoms with Gasteiger partial charge in [-0.15, -0.1) is 0 Å². The maximum Gasteiger partial charge on any atom is 0.251 e. The van der Waals surface area contributed by atoms with Crippen molar-refractivity contribution in [2.45, 2.75) is 31.7 Å². The fourth-order valence-electron chi connectivity index (χ4n) is 4.40. The van der Waals surface area contributed by atoms with E-state index in [-0.39, 0.29) is 17.8 Å². The lowest BCUT2D eigenvalue weighted by atomic mass is 9.98. The molecule has 0 radical (unpaired) electrons. The van der Waals surface area contributed by atoms with Gasteiger partial charge < -0.3 is 10.2 Å². The molecular weight excluding hydrogens is 353 g/mol. The van der Waals surface area contributed by atoms with Gasteiger partial charge in [-0.3, -0.25) is 9.69 Å². The number of nitrogens with one attached hydrogen (secondary N) is 1. The number of anilines is 1. The zero-order valence-corrected chi connectivity index (χ0v) is 16.5. The second-order valence-corrected chi connectivity index (χ2v) is 7.89. The summed E-state index contributed by atoms with van der Waals surface area (Å²) in [4.78, 5) is 17.3. The van der Waals surface area contributed by atoms with Gasteiger partial charge >= 0.3 is 0 Å². The van der Waals surface area contributed by atoms with Crippen molar-refractivity contribution in [2.24, 2.45) is 0 Å². The first-order valence-corrected chi connectivity index (χ1v) is 10.2. The molecule has 1 saturated heterocycles. The summed E-state index contributed by atoms with van der Waals surface area (Å²) in [6.45, 7) is 3.70. The number of halogens is 1. The average molecular weight is 381 g/mol. The van der Waals surface area contributed by atoms with Crippen LogP contribution in [0.3, 0.4) is 0 Å². The zero-order valence-electron chi connectivity index (χ0n) is 16.5. The highest BCUT2D eigenvalue weighted by molar-refractivity contribution is 5.94. The van der Waals surface area contributed by atoms with Crippen LogP contribution < -0.4 is 10.2 Å². The molecule has 1 N–H and O–H groups in total. The minimum absolute atomic E-state index is 0.147. The van der Waals surface area contributed by atoms with Crippen LogP contribution in [0.1, 0.15) is 46.8 Å². The van der Waals surface area contributed by atoms with E-state index < -0.39 is 0 Å². The predicted molar refractivity (Wildman–Crippen MR) is 110 cm³/mol. The Morgan fingerprint density at radius 1 is 1.11 bits per heavy atom. The van der Waals surface area contributed by atoms with Crippen LogP contribution in [0.4, 0.5) is 10.1 Å². The monoisotopic (exact) mass is 381 g/mol. The summed E-state index contributed by atoms with van der Waals surface area (Å²) in [7, 11) is 2.13. The van der Waals surface area contributed by atoms with Crippen LogP contribution in [0, 0.1) is 5.82 Å². The Labute approximate surface area is 166 Å². The van der Waals surface area contributed by atoms with Crippen molar-refractivity contribution < 1.29 is 9.18 Å². The maximum absolute atomic E-state index is 13.4. The Hall–Kier alpha value is -2.40. The molecule has 0 spiro atoms. The fourth-order valence-corrected chi connectivity index (χ4v) is 4.40. The van der Waals surface area contributed by atoms with E-state index in [4.69, 9.17) is 0 Å². The van der Waals surface area contributed by atoms with Crippen molar-refractivity contribution in [3.8, 4) is 0 Å². The number of rotatable bonds is 5. The molecule has 1 fully saturated rings. The molecule has 0 aliphatic carbocycles. The van der Waals surface area contributed by atoms with Crippen molar-refractivity contribution in [3.63, 3.8) is 0 Å². The van der Waals surface area contributed by atoms with Crippen molar-refractivity contribution in [1.82, 2.24) is 10.2 Å². The number of fused-ring (bicyclic) bond motifs is 1. The quantitative estimate of drug-likeness (QED) is 0.856. The van der Waals surface area contributed by atoms with Gasteiger partial charge in [0.1, 0.15) is 5.82 Å². The summed E-state index contributed by atoms with van der Waals surface area (Å²) in [5.41, 5.74) is 4.33. The molecule has 2 heterocycles. The highest BCUT2D eigenvalue weighted by Gasteiger charge is 2.25. The Bertz CT molecular complexity index is 847. The number of hydrogen-bond donors (Lipinski definition) is 1. The van der Waals surface area contributed by atoms with Crippen LogP contribution in [0.2, 0.25) is 0 Å². The van der Waals surface area contributed by atoms with Crippen LogP contribution >= 0.6 is 0 Å². The van der Waals surface area contributed by atoms with Gasteiger partial charge in [-0.1, -0.05) is 24.6 Å². The number of carbonyl (C=O) groups excluding carboxylic acids is 1. The predicted octanol–water partition coefficient (Wildman–Crippen LogP) is 3.78. The maximum atomic E-state index is 13.4. The van der Waals surface area contributed by atoms with Crippen molar-refractivity contribution in [1.29, 1.82) is 0 Å². The van der Waals surface area contributed by atoms with Gasteiger partial charge in [0, 0.05) is 31.4 Å². The third kappa shape index (κ3) is 4.04. The largest absolute Gasteiger partial charge is 0.374 e. The number of piperidine rings is 1. The number of likely N-dealkylation sites (N-methyl/N-ethyl adjacent to an activating group) is 1. The SMILES string of the molecule is CN1CCc2cc([C@@H](CNC(=O)c3cccc(F)c3)N3CCCCC3)ccc21. The second kappa shape index (κ2) is 8.31. The smallest absolute Gasteiger partial charge is 0.251 e. The number of benzene rings is 2. The Balaban J connectivity index is 1.53. The van der Waals surface area contributed by atoms with Crippen LogP contribution in [0.25, 0.3) is 0 Å². The number of amides is 1. The summed E-state index contributed by atoms with van der Waals surface area (Å²) in [6, 6.07) is 12.7. The van der Waals surface area contributed by atoms with E-state index in [1.807, 2.05) is 0 Å². The summed E-state index contributed by atoms with van der Waals surface area (Å²) < 4.78 is 13.4. The van der Waals surface area contributed by atoms with Crippen LogP contribution in [0.15, 0.2) is 42.5 Å². The Kier molecular flexibility index (Phi) is 5.62. The van der Waals surface area contributed by atoms with E-state index >= 15 is 0 Å². The normalized spacial score (nSPS) is 18.0. The van der Waals surface area contributed by atoms with Crippen molar-refractivity contribution in [3.05, 3.63) is 65.0 Å². The summed E-state index contributed by atoms with van der Waals surface area (Å²) in [5.74, 6) is -0.606. The molecule has 2 aromatic rings. The Morgan fingerprint density at radius 2 is 1.93 bits per heavy atom. The molecule has 1 atom stereocenters. The molecule has 2 aliphatic rings. The van der Waals surface area contributed by atoms with E-state index in [0.717, 1.165) is 26.1 Å². The van der Waals surface area contributed by atoms with Gasteiger partial charge in [0.2, 0.25) is 0 Å². The lowest BCUT2D eigenvalue weighted by molar-refractivity contribution is 0.0924. The molecule has 0 saturated carbocycles. The first kappa shape index (κ1) is 18.9. The fraction of sp³-hybridized carbons (Fsp3) is 0.435. The first-order valence-electron chi connectivity index (χ1n) is 10.2. The Morgan fingerprint density at radius 3 is 2.71 bits per heavy atom. The second-order valence-electron chi connectivity index (χ2n) is 7.89. The van der Waals surface area contributed by atoms with Gasteiger partial charge in [-0.25, -0.2) is 4.39 Å². The van der Waals surface area contributed by atoms with Gasteiger partial charge in [0.05, 0.1) is 6.04 Å². The molecule has 5 heteroatoms. The number of nitrogens with zero attached hydrogens (tertiary/aromatic N) is 2. The van der Waals surface area contributed by atoms with Crippen LogP contribution in [-0.4, -0.2) is 44.0 Å². The highest BCUT2D eigenvalue weighted by Crippen LogP contribution is 2.32. The van der Waals surface area contributed by atoms with Crippen molar-refractivity contribution >= 4 is 11.6 Å². The lowest BCUT2D eigenvalue weighted by Gasteiger charge is -2.35. The number of carbonyl (C=O) groups is 1. The van der Waals surface area contributed by atoms with Gasteiger partial charge in [0.15, 0.2) is 0 Å². The van der Waals surface area contributed by atoms with Crippen molar-refractivity contribution in [2.75, 3.05) is 38.1 Å². The molecule has 1 amide bonds. The van der Waals surface area contributed by atoms with E-state index in [2.05, 4.69) is 40.4 Å². The topological polar surface area (TPSA) is 35.6 Å². The van der Waals surface area contributed by atoms with Gasteiger partial charge in [-0.2, -0.15) is 0 Å². The van der Waals surface area contributed by atoms with E-state index in [9.17, 15) is 9.18 Å². The molecule has 4 rings (SSSR count). The van der Waals surface area contributed by atoms with E-state index in [1.54, 1.807) is 12.1 Å². The van der Waals surface area contributed by atoms with E-state index in [0.29, 0.717) is 12.1 Å². The molecule has 0 aromatic heterocycles. The zero-order chi connectivity index (χ0) is 19.5. The standard InChI is InChI=1S/C23H28FN3O/c1-26-13-10-18-14-17(8-9-21(18)26)22(27-11-3-2-4-12-27)16-25-23(28)19-6-5-7-20(24)15-19/h5-9,14-15,22H,2-4,10-13,16H2,1H3,(H,25,28)/t22-/m1/s1. The molecule has 148 valence electrons. The molecule has 2 aromatic carbocycles. The third-order valence-corrected chi connectivity index (χ3v) is 5.99. The number of hydrogen-bond acceptors (Lipinski definition) is 3. The minimum Gasteiger partial charge on any atom is -0.374 e. The minimum atomic E-state index is -0.386. The van der Waals surface area contributed by atoms with Crippen LogP contribution in [-0.2, 0) is 6.42 Å². The molecule has 0 bridgehead atoms. The molecule has 0 unspecified atom stereocenters. The number of likely N-dealkylation sites (tertiary alicyclic amines) is 1. The third-order valence-electron chi connectivity index (χ3n) is 5.99. The highest BCUT2D eigenvalue weighted by atomic mass is 19.1. The van der Waals surface area contributed by atoms with Crippen LogP contribution in [0.5, 0.6) is 0 Å². The summed E-state index contributed by atoms with van der Waals surface area (Å²) >= 11 is 0. The average Bonchev–Trinajstić information content (AvgIpc) is 3.09.